The van der Waals surface area contributed by atoms with E-state index in [0.29, 0.717) is 10.6 Å². The highest BCUT2D eigenvalue weighted by Gasteiger charge is 2.27. The summed E-state index contributed by atoms with van der Waals surface area (Å²) >= 11 is 9.31. The van der Waals surface area contributed by atoms with Crippen LogP contribution in [0.1, 0.15) is 21.8 Å². The lowest BCUT2D eigenvalue weighted by Gasteiger charge is -2.03. The van der Waals surface area contributed by atoms with Crippen LogP contribution in [0, 0.1) is 13.8 Å². The smallest absolute Gasteiger partial charge is 0.256 e. The van der Waals surface area contributed by atoms with Crippen LogP contribution >= 0.6 is 34.3 Å². The van der Waals surface area contributed by atoms with Crippen molar-refractivity contribution in [3.63, 3.8) is 0 Å². The monoisotopic (exact) mass is 451 g/mol. The van der Waals surface area contributed by atoms with Gasteiger partial charge in [0, 0.05) is 33.2 Å². The number of anilines is 1. The molecule has 0 atom stereocenters. The van der Waals surface area contributed by atoms with E-state index in [2.05, 4.69) is 32.2 Å². The molecule has 1 N–H and O–H groups in total. The van der Waals surface area contributed by atoms with Gasteiger partial charge in [-0.15, -0.1) is 22.7 Å². The predicted molar refractivity (Wildman–Crippen MR) is 123 cm³/mol. The Labute approximate surface area is 184 Å². The van der Waals surface area contributed by atoms with E-state index < -0.39 is 0 Å². The fourth-order valence-electron chi connectivity index (χ4n) is 3.91. The summed E-state index contributed by atoms with van der Waals surface area (Å²) in [4.78, 5) is 25.3. The fourth-order valence-corrected chi connectivity index (χ4v) is 5.68. The standard InChI is InChI=1S/C21H14ClN5OS2/c1-10-9-27-16(8-14-13-4-3-12(22)7-15(13)24-19(14)28)17(25-21(27)30-10)18-11(2)23-20-26(18)5-6-29-20/h3-9H,1-2H3,(H,24,28). The zero-order valence-electron chi connectivity index (χ0n) is 15.9. The van der Waals surface area contributed by atoms with Crippen LogP contribution in [0.25, 0.3) is 33.0 Å². The molecule has 5 aromatic rings. The molecular weight excluding hydrogens is 438 g/mol. The molecule has 0 saturated heterocycles. The number of aromatic nitrogens is 4. The summed E-state index contributed by atoms with van der Waals surface area (Å²) < 4.78 is 4.11. The molecule has 0 saturated carbocycles. The molecule has 148 valence electrons. The molecule has 1 amide bonds. The summed E-state index contributed by atoms with van der Waals surface area (Å²) in [6.45, 7) is 4.04. The first-order valence-corrected chi connectivity index (χ1v) is 11.3. The first-order valence-electron chi connectivity index (χ1n) is 9.23. The van der Waals surface area contributed by atoms with Crippen LogP contribution in [-0.2, 0) is 4.79 Å². The number of thiazole rings is 2. The normalized spacial score (nSPS) is 14.9. The molecule has 1 aliphatic heterocycles. The van der Waals surface area contributed by atoms with Crippen molar-refractivity contribution in [3.8, 4) is 11.4 Å². The van der Waals surface area contributed by atoms with Crippen molar-refractivity contribution in [3.05, 3.63) is 62.8 Å². The summed E-state index contributed by atoms with van der Waals surface area (Å²) in [5, 5.41) is 5.51. The lowest BCUT2D eigenvalue weighted by Crippen LogP contribution is -2.04. The molecule has 6 nitrogen and oxygen atoms in total. The third-order valence-corrected chi connectivity index (χ3v) is 7.07. The molecule has 6 rings (SSSR count). The Morgan fingerprint density at radius 1 is 1.17 bits per heavy atom. The van der Waals surface area contributed by atoms with Crippen LogP contribution in [0.15, 0.2) is 36.0 Å². The Morgan fingerprint density at radius 2 is 2.03 bits per heavy atom. The topological polar surface area (TPSA) is 63.7 Å². The highest BCUT2D eigenvalue weighted by atomic mass is 35.5. The molecule has 0 unspecified atom stereocenters. The van der Waals surface area contributed by atoms with Crippen LogP contribution in [0.2, 0.25) is 5.02 Å². The van der Waals surface area contributed by atoms with Crippen molar-refractivity contribution < 1.29 is 4.79 Å². The van der Waals surface area contributed by atoms with Gasteiger partial charge in [0.15, 0.2) is 9.92 Å². The van der Waals surface area contributed by atoms with Crippen molar-refractivity contribution >= 4 is 67.4 Å². The van der Waals surface area contributed by atoms with Crippen LogP contribution in [0.3, 0.4) is 0 Å². The van der Waals surface area contributed by atoms with Crippen molar-refractivity contribution in [2.45, 2.75) is 13.8 Å². The minimum Gasteiger partial charge on any atom is -0.321 e. The maximum absolute atomic E-state index is 12.8. The number of carbonyl (C=O) groups is 1. The van der Waals surface area contributed by atoms with Gasteiger partial charge < -0.3 is 5.32 Å². The minimum absolute atomic E-state index is 0.147. The number of amides is 1. The molecular formula is C21H14ClN5OS2. The van der Waals surface area contributed by atoms with Crippen LogP contribution < -0.4 is 5.32 Å². The van der Waals surface area contributed by atoms with Crippen molar-refractivity contribution in [2.75, 3.05) is 5.32 Å². The number of halogens is 1. The van der Waals surface area contributed by atoms with E-state index in [1.54, 1.807) is 34.8 Å². The van der Waals surface area contributed by atoms with Crippen LogP contribution in [0.5, 0.6) is 0 Å². The number of rotatable bonds is 2. The molecule has 9 heteroatoms. The van der Waals surface area contributed by atoms with Crippen LogP contribution in [-0.4, -0.2) is 24.7 Å². The summed E-state index contributed by atoms with van der Waals surface area (Å²) in [6, 6.07) is 5.44. The fraction of sp³-hybridized carbons (Fsp3) is 0.0952. The van der Waals surface area contributed by atoms with Gasteiger partial charge in [0.1, 0.15) is 5.69 Å². The molecule has 0 aliphatic carbocycles. The van der Waals surface area contributed by atoms with E-state index in [1.165, 1.54) is 0 Å². The Hall–Kier alpha value is -2.94. The lowest BCUT2D eigenvalue weighted by atomic mass is 10.0. The first kappa shape index (κ1) is 17.9. The summed E-state index contributed by atoms with van der Waals surface area (Å²) in [7, 11) is 0. The molecule has 1 aromatic carbocycles. The second kappa shape index (κ2) is 6.28. The largest absolute Gasteiger partial charge is 0.321 e. The van der Waals surface area contributed by atoms with E-state index in [-0.39, 0.29) is 5.91 Å². The van der Waals surface area contributed by atoms with Gasteiger partial charge in [-0.3, -0.25) is 13.6 Å². The molecule has 30 heavy (non-hydrogen) atoms. The molecule has 5 heterocycles. The number of imidazole rings is 2. The second-order valence-corrected chi connectivity index (χ2v) is 9.67. The van der Waals surface area contributed by atoms with Gasteiger partial charge in [-0.05, 0) is 32.1 Å². The molecule has 0 fully saturated rings. The van der Waals surface area contributed by atoms with Gasteiger partial charge >= 0.3 is 0 Å². The molecule has 0 spiro atoms. The zero-order chi connectivity index (χ0) is 20.6. The summed E-state index contributed by atoms with van der Waals surface area (Å²) in [5.41, 5.74) is 5.68. The van der Waals surface area contributed by atoms with E-state index in [9.17, 15) is 4.79 Å². The van der Waals surface area contributed by atoms with E-state index in [4.69, 9.17) is 16.6 Å². The van der Waals surface area contributed by atoms with Gasteiger partial charge in [-0.25, -0.2) is 9.97 Å². The molecule has 1 aliphatic rings. The van der Waals surface area contributed by atoms with Gasteiger partial charge in [-0.2, -0.15) is 0 Å². The first-order chi connectivity index (χ1) is 14.5. The minimum atomic E-state index is -0.147. The number of hydrogen-bond donors (Lipinski definition) is 1. The lowest BCUT2D eigenvalue weighted by molar-refractivity contribution is -0.110. The zero-order valence-corrected chi connectivity index (χ0v) is 18.3. The summed E-state index contributed by atoms with van der Waals surface area (Å²) in [5.74, 6) is -0.147. The number of nitrogens with one attached hydrogen (secondary N) is 1. The SMILES string of the molecule is Cc1cn2c(C=C3C(=O)Nc4cc(Cl)ccc43)c(-c3c(C)nc4sccn34)nc2s1. The highest BCUT2D eigenvalue weighted by molar-refractivity contribution is 7.17. The average molecular weight is 452 g/mol. The third-order valence-electron chi connectivity index (χ3n) is 5.19. The number of benzene rings is 1. The average Bonchev–Trinajstić information content (AvgIpc) is 3.45. The van der Waals surface area contributed by atoms with Crippen molar-refractivity contribution in [1.82, 2.24) is 18.8 Å². The maximum Gasteiger partial charge on any atom is 0.256 e. The van der Waals surface area contributed by atoms with E-state index >= 15 is 0 Å². The van der Waals surface area contributed by atoms with Gasteiger partial charge in [0.05, 0.1) is 28.3 Å². The molecule has 0 bridgehead atoms. The number of aryl methyl sites for hydroxylation is 2. The highest BCUT2D eigenvalue weighted by Crippen LogP contribution is 2.38. The van der Waals surface area contributed by atoms with Crippen molar-refractivity contribution in [2.24, 2.45) is 0 Å². The van der Waals surface area contributed by atoms with E-state index in [1.807, 2.05) is 30.6 Å². The maximum atomic E-state index is 12.8. The van der Waals surface area contributed by atoms with Crippen molar-refractivity contribution in [1.29, 1.82) is 0 Å². The Bertz CT molecular complexity index is 1530. The predicted octanol–water partition coefficient (Wildman–Crippen LogP) is 5.53. The van der Waals surface area contributed by atoms with Gasteiger partial charge in [-0.1, -0.05) is 17.7 Å². The Kier molecular flexibility index (Phi) is 3.74. The van der Waals surface area contributed by atoms with Gasteiger partial charge in [0.2, 0.25) is 0 Å². The Balaban J connectivity index is 1.65. The molecule has 0 radical (unpaired) electrons. The van der Waals surface area contributed by atoms with Crippen LogP contribution in [0.4, 0.5) is 5.69 Å². The Morgan fingerprint density at radius 3 is 2.90 bits per heavy atom. The summed E-state index contributed by atoms with van der Waals surface area (Å²) in [6.07, 6.45) is 5.98. The van der Waals surface area contributed by atoms with Gasteiger partial charge in [0.25, 0.3) is 5.91 Å². The number of fused-ring (bicyclic) bond motifs is 3. The second-order valence-electron chi connectivity index (χ2n) is 7.14. The molecule has 4 aromatic heterocycles. The third kappa shape index (κ3) is 2.51. The number of hydrogen-bond acceptors (Lipinski definition) is 5. The quantitative estimate of drug-likeness (QED) is 0.358. The number of carbonyl (C=O) groups excluding carboxylic acids is 1. The van der Waals surface area contributed by atoms with E-state index in [0.717, 1.165) is 48.8 Å². The number of nitrogens with zero attached hydrogens (tertiary/aromatic N) is 4.